The molecule has 3 heteroatoms. The number of hydrogen-bond acceptors (Lipinski definition) is 3. The monoisotopic (exact) mass is 253 g/mol. The summed E-state index contributed by atoms with van der Waals surface area (Å²) in [5, 5.41) is 3.11. The van der Waals surface area contributed by atoms with Gasteiger partial charge in [0.1, 0.15) is 5.78 Å². The van der Waals surface area contributed by atoms with Crippen molar-refractivity contribution in [3.05, 3.63) is 0 Å². The van der Waals surface area contributed by atoms with Crippen molar-refractivity contribution in [3.8, 4) is 0 Å². The molecule has 1 N–H and O–H groups in total. The molecular weight excluding hydrogens is 226 g/mol. The van der Waals surface area contributed by atoms with Crippen LogP contribution in [0.25, 0.3) is 0 Å². The summed E-state index contributed by atoms with van der Waals surface area (Å²) in [7, 11) is 1.94. The third-order valence-corrected chi connectivity index (χ3v) is 4.56. The van der Waals surface area contributed by atoms with Crippen LogP contribution in [0.15, 0.2) is 0 Å². The molecule has 0 bridgehead atoms. The van der Waals surface area contributed by atoms with Gasteiger partial charge in [0, 0.05) is 18.9 Å². The smallest absolute Gasteiger partial charge is 0.136 e. The summed E-state index contributed by atoms with van der Waals surface area (Å²) in [6, 6.07) is 0. The summed E-state index contributed by atoms with van der Waals surface area (Å²) in [6.45, 7) is 1.74. The van der Waals surface area contributed by atoms with E-state index in [-0.39, 0.29) is 11.5 Å². The Balaban J connectivity index is 1.83. The number of ketones is 1. The van der Waals surface area contributed by atoms with Gasteiger partial charge >= 0.3 is 0 Å². The van der Waals surface area contributed by atoms with E-state index in [4.69, 9.17) is 4.74 Å². The van der Waals surface area contributed by atoms with Crippen LogP contribution in [-0.2, 0) is 9.53 Å². The van der Waals surface area contributed by atoms with E-state index >= 15 is 0 Å². The minimum absolute atomic E-state index is 0.0693. The Morgan fingerprint density at radius 1 is 1.33 bits per heavy atom. The van der Waals surface area contributed by atoms with Crippen molar-refractivity contribution in [2.75, 3.05) is 20.2 Å². The SMILES string of the molecule is CNCCCC(=O)C1CCOC2(CCCCC2)C1. The van der Waals surface area contributed by atoms with E-state index in [9.17, 15) is 4.79 Å². The van der Waals surface area contributed by atoms with E-state index in [0.717, 1.165) is 38.8 Å². The maximum atomic E-state index is 12.2. The van der Waals surface area contributed by atoms with Gasteiger partial charge in [0.15, 0.2) is 0 Å². The number of Topliss-reactive ketones (excluding diaryl/α,β-unsaturated/α-hetero) is 1. The predicted octanol–water partition coefficient (Wildman–Crippen LogP) is 2.68. The molecule has 2 aliphatic rings. The lowest BCUT2D eigenvalue weighted by Gasteiger charge is -2.43. The van der Waals surface area contributed by atoms with Gasteiger partial charge in [-0.1, -0.05) is 19.3 Å². The molecule has 0 amide bonds. The van der Waals surface area contributed by atoms with Crippen molar-refractivity contribution in [3.63, 3.8) is 0 Å². The van der Waals surface area contributed by atoms with Gasteiger partial charge in [-0.05, 0) is 45.7 Å². The summed E-state index contributed by atoms with van der Waals surface area (Å²) < 4.78 is 6.05. The lowest BCUT2D eigenvalue weighted by atomic mass is 9.74. The molecule has 1 saturated heterocycles. The van der Waals surface area contributed by atoms with Gasteiger partial charge in [-0.3, -0.25) is 4.79 Å². The zero-order chi connectivity index (χ0) is 12.8. The fourth-order valence-corrected chi connectivity index (χ4v) is 3.49. The molecule has 1 unspecified atom stereocenters. The highest BCUT2D eigenvalue weighted by atomic mass is 16.5. The standard InChI is InChI=1S/C15H27NO2/c1-16-10-5-6-14(17)13-7-11-18-15(12-13)8-3-2-4-9-15/h13,16H,2-12H2,1H3. The fourth-order valence-electron chi connectivity index (χ4n) is 3.49. The van der Waals surface area contributed by atoms with Gasteiger partial charge in [0.05, 0.1) is 5.60 Å². The number of carbonyl (C=O) groups excluding carboxylic acids is 1. The topological polar surface area (TPSA) is 38.3 Å². The van der Waals surface area contributed by atoms with Gasteiger partial charge in [-0.15, -0.1) is 0 Å². The third kappa shape index (κ3) is 3.55. The van der Waals surface area contributed by atoms with Crippen molar-refractivity contribution in [1.82, 2.24) is 5.32 Å². The molecule has 0 aromatic heterocycles. The lowest BCUT2D eigenvalue weighted by molar-refractivity contribution is -0.143. The highest BCUT2D eigenvalue weighted by molar-refractivity contribution is 5.81. The summed E-state index contributed by atoms with van der Waals surface area (Å²) in [5.41, 5.74) is 0.0693. The van der Waals surface area contributed by atoms with Crippen molar-refractivity contribution < 1.29 is 9.53 Å². The van der Waals surface area contributed by atoms with Crippen molar-refractivity contribution in [1.29, 1.82) is 0 Å². The van der Waals surface area contributed by atoms with Crippen LogP contribution < -0.4 is 5.32 Å². The molecule has 1 aliphatic heterocycles. The normalized spacial score (nSPS) is 27.3. The molecule has 1 aliphatic carbocycles. The van der Waals surface area contributed by atoms with Crippen LogP contribution >= 0.6 is 0 Å². The lowest BCUT2D eigenvalue weighted by Crippen LogP contribution is -2.43. The highest BCUT2D eigenvalue weighted by Gasteiger charge is 2.40. The quantitative estimate of drug-likeness (QED) is 0.766. The number of carbonyl (C=O) groups is 1. The van der Waals surface area contributed by atoms with Crippen LogP contribution in [0.5, 0.6) is 0 Å². The summed E-state index contributed by atoms with van der Waals surface area (Å²) >= 11 is 0. The van der Waals surface area contributed by atoms with Crippen molar-refractivity contribution in [2.24, 2.45) is 5.92 Å². The second-order valence-electron chi connectivity index (χ2n) is 5.96. The van der Waals surface area contributed by atoms with Crippen LogP contribution in [0.3, 0.4) is 0 Å². The first-order chi connectivity index (χ1) is 8.76. The fraction of sp³-hybridized carbons (Fsp3) is 0.933. The Bertz CT molecular complexity index is 266. The number of hydrogen-bond donors (Lipinski definition) is 1. The van der Waals surface area contributed by atoms with E-state index in [2.05, 4.69) is 5.32 Å². The average molecular weight is 253 g/mol. The maximum absolute atomic E-state index is 12.2. The zero-order valence-corrected chi connectivity index (χ0v) is 11.7. The van der Waals surface area contributed by atoms with Crippen LogP contribution in [0.4, 0.5) is 0 Å². The molecule has 2 fully saturated rings. The molecule has 1 atom stereocenters. The van der Waals surface area contributed by atoms with Crippen LogP contribution in [0.2, 0.25) is 0 Å². The minimum atomic E-state index is 0.0693. The Morgan fingerprint density at radius 3 is 2.83 bits per heavy atom. The van der Waals surface area contributed by atoms with E-state index in [1.165, 1.54) is 32.1 Å². The van der Waals surface area contributed by atoms with Crippen LogP contribution in [0, 0.1) is 5.92 Å². The van der Waals surface area contributed by atoms with E-state index in [1.54, 1.807) is 0 Å². The Kier molecular flexibility index (Phi) is 5.19. The Morgan fingerprint density at radius 2 is 2.11 bits per heavy atom. The average Bonchev–Trinajstić information content (AvgIpc) is 2.40. The summed E-state index contributed by atoms with van der Waals surface area (Å²) in [6.07, 6.45) is 9.89. The van der Waals surface area contributed by atoms with Gasteiger partial charge in [0.25, 0.3) is 0 Å². The van der Waals surface area contributed by atoms with Gasteiger partial charge in [-0.25, -0.2) is 0 Å². The molecule has 18 heavy (non-hydrogen) atoms. The van der Waals surface area contributed by atoms with Crippen molar-refractivity contribution in [2.45, 2.75) is 63.4 Å². The molecule has 3 nitrogen and oxygen atoms in total. The third-order valence-electron chi connectivity index (χ3n) is 4.56. The first-order valence-electron chi connectivity index (χ1n) is 7.57. The first kappa shape index (κ1) is 14.0. The highest BCUT2D eigenvalue weighted by Crippen LogP contribution is 2.41. The van der Waals surface area contributed by atoms with Crippen LogP contribution in [-0.4, -0.2) is 31.6 Å². The number of ether oxygens (including phenoxy) is 1. The molecule has 104 valence electrons. The molecule has 0 aromatic carbocycles. The largest absolute Gasteiger partial charge is 0.375 e. The van der Waals surface area contributed by atoms with Gasteiger partial charge < -0.3 is 10.1 Å². The molecule has 0 radical (unpaired) electrons. The zero-order valence-electron chi connectivity index (χ0n) is 11.7. The van der Waals surface area contributed by atoms with Crippen molar-refractivity contribution >= 4 is 5.78 Å². The molecule has 1 spiro atoms. The minimum Gasteiger partial charge on any atom is -0.375 e. The van der Waals surface area contributed by atoms with E-state index < -0.39 is 0 Å². The molecular formula is C15H27NO2. The van der Waals surface area contributed by atoms with E-state index in [0.29, 0.717) is 5.78 Å². The second-order valence-corrected chi connectivity index (χ2v) is 5.96. The van der Waals surface area contributed by atoms with Gasteiger partial charge in [0.2, 0.25) is 0 Å². The van der Waals surface area contributed by atoms with E-state index in [1.807, 2.05) is 7.05 Å². The van der Waals surface area contributed by atoms with Crippen LogP contribution in [0.1, 0.15) is 57.8 Å². The Hall–Kier alpha value is -0.410. The number of nitrogens with one attached hydrogen (secondary N) is 1. The predicted molar refractivity (Wildman–Crippen MR) is 72.7 cm³/mol. The molecule has 1 saturated carbocycles. The second kappa shape index (κ2) is 6.67. The maximum Gasteiger partial charge on any atom is 0.136 e. The molecule has 2 rings (SSSR count). The molecule has 0 aromatic rings. The first-order valence-corrected chi connectivity index (χ1v) is 7.57. The summed E-state index contributed by atoms with van der Waals surface area (Å²) in [4.78, 5) is 12.2. The van der Waals surface area contributed by atoms with Gasteiger partial charge in [-0.2, -0.15) is 0 Å². The summed E-state index contributed by atoms with van der Waals surface area (Å²) in [5.74, 6) is 0.743. The number of rotatable bonds is 5. The molecule has 1 heterocycles. The Labute approximate surface area is 111 Å².